The number of hydrogen-bond donors (Lipinski definition) is 1. The molecule has 0 atom stereocenters. The van der Waals surface area contributed by atoms with E-state index in [1.807, 2.05) is 24.3 Å². The number of hydrogen-bond acceptors (Lipinski definition) is 2. The molecule has 0 aliphatic heterocycles. The van der Waals surface area contributed by atoms with Gasteiger partial charge in [-0.2, -0.15) is 0 Å². The van der Waals surface area contributed by atoms with E-state index in [0.29, 0.717) is 5.92 Å². The Morgan fingerprint density at radius 1 is 0.833 bits per heavy atom. The van der Waals surface area contributed by atoms with Crippen LogP contribution in [0.25, 0.3) is 21.9 Å². The second kappa shape index (κ2) is 6.04. The van der Waals surface area contributed by atoms with Gasteiger partial charge in [-0.1, -0.05) is 56.3 Å². The molecule has 24 heavy (non-hydrogen) atoms. The number of furan rings is 1. The standard InChI is InChI=1S/C22H21NO/c1-15(2)17-9-7-16(8-10-17)14-23-18-11-12-22-20(13-18)19-5-3-4-6-21(19)24-22/h3-13,15,23H,14H2,1-2H3. The topological polar surface area (TPSA) is 25.2 Å². The maximum Gasteiger partial charge on any atom is 0.135 e. The van der Waals surface area contributed by atoms with Gasteiger partial charge in [-0.15, -0.1) is 0 Å². The van der Waals surface area contributed by atoms with Gasteiger partial charge in [-0.25, -0.2) is 0 Å². The largest absolute Gasteiger partial charge is 0.456 e. The minimum Gasteiger partial charge on any atom is -0.456 e. The van der Waals surface area contributed by atoms with E-state index in [9.17, 15) is 0 Å². The number of anilines is 1. The van der Waals surface area contributed by atoms with E-state index >= 15 is 0 Å². The summed E-state index contributed by atoms with van der Waals surface area (Å²) in [5.74, 6) is 0.573. The molecule has 4 rings (SSSR count). The molecular formula is C22H21NO. The SMILES string of the molecule is CC(C)c1ccc(CNc2ccc3oc4ccccc4c3c2)cc1. The zero-order chi connectivity index (χ0) is 16.5. The molecule has 1 aromatic heterocycles. The summed E-state index contributed by atoms with van der Waals surface area (Å²) >= 11 is 0. The maximum absolute atomic E-state index is 5.88. The fourth-order valence-electron chi connectivity index (χ4n) is 3.06. The third kappa shape index (κ3) is 2.76. The molecule has 0 saturated heterocycles. The Morgan fingerprint density at radius 3 is 2.38 bits per heavy atom. The van der Waals surface area contributed by atoms with Crippen LogP contribution in [0.4, 0.5) is 5.69 Å². The van der Waals surface area contributed by atoms with E-state index in [1.54, 1.807) is 0 Å². The summed E-state index contributed by atoms with van der Waals surface area (Å²) in [5.41, 5.74) is 5.65. The van der Waals surface area contributed by atoms with E-state index in [-0.39, 0.29) is 0 Å². The summed E-state index contributed by atoms with van der Waals surface area (Å²) in [6.07, 6.45) is 0. The van der Waals surface area contributed by atoms with Gasteiger partial charge >= 0.3 is 0 Å². The predicted molar refractivity (Wildman–Crippen MR) is 102 cm³/mol. The van der Waals surface area contributed by atoms with E-state index in [0.717, 1.165) is 34.2 Å². The molecule has 3 aromatic carbocycles. The Bertz CT molecular complexity index is 980. The van der Waals surface area contributed by atoms with E-state index in [2.05, 4.69) is 61.6 Å². The van der Waals surface area contributed by atoms with E-state index in [4.69, 9.17) is 4.42 Å². The van der Waals surface area contributed by atoms with Crippen LogP contribution in [0, 0.1) is 0 Å². The van der Waals surface area contributed by atoms with Crippen LogP contribution in [-0.2, 0) is 6.54 Å². The molecule has 0 fully saturated rings. The number of para-hydroxylation sites is 1. The fraction of sp³-hybridized carbons (Fsp3) is 0.182. The molecule has 0 saturated carbocycles. The lowest BCUT2D eigenvalue weighted by Crippen LogP contribution is -1.99. The van der Waals surface area contributed by atoms with Gasteiger partial charge in [0.1, 0.15) is 11.2 Å². The van der Waals surface area contributed by atoms with Crippen LogP contribution in [0.5, 0.6) is 0 Å². The first-order valence-corrected chi connectivity index (χ1v) is 8.45. The highest BCUT2D eigenvalue weighted by molar-refractivity contribution is 6.05. The van der Waals surface area contributed by atoms with Crippen molar-refractivity contribution in [1.82, 2.24) is 0 Å². The highest BCUT2D eigenvalue weighted by Crippen LogP contribution is 2.30. The number of benzene rings is 3. The van der Waals surface area contributed by atoms with Crippen molar-refractivity contribution >= 4 is 27.6 Å². The Balaban J connectivity index is 1.57. The number of rotatable bonds is 4. The normalized spacial score (nSPS) is 11.5. The first kappa shape index (κ1) is 14.8. The Hall–Kier alpha value is -2.74. The Kier molecular flexibility index (Phi) is 3.73. The van der Waals surface area contributed by atoms with Crippen LogP contribution in [0.2, 0.25) is 0 Å². The lowest BCUT2D eigenvalue weighted by molar-refractivity contribution is 0.669. The third-order valence-corrected chi connectivity index (χ3v) is 4.52. The van der Waals surface area contributed by atoms with Crippen LogP contribution in [0.15, 0.2) is 71.1 Å². The van der Waals surface area contributed by atoms with Crippen molar-refractivity contribution in [3.8, 4) is 0 Å². The second-order valence-electron chi connectivity index (χ2n) is 6.56. The summed E-state index contributed by atoms with van der Waals surface area (Å²) in [7, 11) is 0. The minimum atomic E-state index is 0.573. The van der Waals surface area contributed by atoms with Crippen molar-refractivity contribution < 1.29 is 4.42 Å². The second-order valence-corrected chi connectivity index (χ2v) is 6.56. The van der Waals surface area contributed by atoms with Crippen LogP contribution in [-0.4, -0.2) is 0 Å². The van der Waals surface area contributed by atoms with Gasteiger partial charge < -0.3 is 9.73 Å². The zero-order valence-electron chi connectivity index (χ0n) is 14.0. The van der Waals surface area contributed by atoms with Gasteiger partial charge in [-0.3, -0.25) is 0 Å². The van der Waals surface area contributed by atoms with Gasteiger partial charge in [0.15, 0.2) is 0 Å². The van der Waals surface area contributed by atoms with Crippen molar-refractivity contribution in [2.24, 2.45) is 0 Å². The van der Waals surface area contributed by atoms with Gasteiger partial charge in [0.2, 0.25) is 0 Å². The predicted octanol–water partition coefficient (Wildman–Crippen LogP) is 6.32. The molecule has 120 valence electrons. The molecule has 0 spiro atoms. The Labute approximate surface area is 142 Å². The highest BCUT2D eigenvalue weighted by atomic mass is 16.3. The molecule has 4 aromatic rings. The molecule has 1 N–H and O–H groups in total. The molecule has 0 bridgehead atoms. The molecule has 1 heterocycles. The van der Waals surface area contributed by atoms with Crippen LogP contribution >= 0.6 is 0 Å². The van der Waals surface area contributed by atoms with Crippen molar-refractivity contribution in [2.45, 2.75) is 26.3 Å². The first-order chi connectivity index (χ1) is 11.7. The van der Waals surface area contributed by atoms with Crippen LogP contribution in [0.3, 0.4) is 0 Å². The van der Waals surface area contributed by atoms with Gasteiger partial charge in [0.25, 0.3) is 0 Å². The van der Waals surface area contributed by atoms with Gasteiger partial charge in [0, 0.05) is 23.0 Å². The molecular weight excluding hydrogens is 294 g/mol. The summed E-state index contributed by atoms with van der Waals surface area (Å²) < 4.78 is 5.88. The van der Waals surface area contributed by atoms with E-state index < -0.39 is 0 Å². The summed E-state index contributed by atoms with van der Waals surface area (Å²) in [4.78, 5) is 0. The van der Waals surface area contributed by atoms with E-state index in [1.165, 1.54) is 11.1 Å². The smallest absolute Gasteiger partial charge is 0.135 e. The molecule has 2 nitrogen and oxygen atoms in total. The lowest BCUT2D eigenvalue weighted by atomic mass is 10.0. The van der Waals surface area contributed by atoms with Crippen molar-refractivity contribution in [1.29, 1.82) is 0 Å². The summed E-state index contributed by atoms with van der Waals surface area (Å²) in [6, 6.07) is 23.3. The van der Waals surface area contributed by atoms with Crippen molar-refractivity contribution in [3.05, 3.63) is 77.9 Å². The summed E-state index contributed by atoms with van der Waals surface area (Å²) in [6.45, 7) is 5.26. The molecule has 0 aliphatic carbocycles. The minimum absolute atomic E-state index is 0.573. The van der Waals surface area contributed by atoms with Crippen LogP contribution in [0.1, 0.15) is 30.9 Å². The van der Waals surface area contributed by atoms with Crippen LogP contribution < -0.4 is 5.32 Å². The molecule has 0 radical (unpaired) electrons. The molecule has 0 aliphatic rings. The van der Waals surface area contributed by atoms with Crippen molar-refractivity contribution in [3.63, 3.8) is 0 Å². The molecule has 2 heteroatoms. The zero-order valence-corrected chi connectivity index (χ0v) is 14.0. The fourth-order valence-corrected chi connectivity index (χ4v) is 3.06. The summed E-state index contributed by atoms with van der Waals surface area (Å²) in [5, 5.41) is 5.84. The molecule has 0 unspecified atom stereocenters. The quantitative estimate of drug-likeness (QED) is 0.476. The monoisotopic (exact) mass is 315 g/mol. The number of fused-ring (bicyclic) bond motifs is 3. The number of nitrogens with one attached hydrogen (secondary N) is 1. The van der Waals surface area contributed by atoms with Gasteiger partial charge in [0.05, 0.1) is 0 Å². The lowest BCUT2D eigenvalue weighted by Gasteiger charge is -2.09. The maximum atomic E-state index is 5.88. The Morgan fingerprint density at radius 2 is 1.58 bits per heavy atom. The van der Waals surface area contributed by atoms with Gasteiger partial charge in [-0.05, 0) is 41.3 Å². The average Bonchev–Trinajstić information content (AvgIpc) is 2.98. The molecule has 0 amide bonds. The first-order valence-electron chi connectivity index (χ1n) is 8.45. The van der Waals surface area contributed by atoms with Crippen molar-refractivity contribution in [2.75, 3.05) is 5.32 Å². The average molecular weight is 315 g/mol. The third-order valence-electron chi connectivity index (χ3n) is 4.52. The highest BCUT2D eigenvalue weighted by Gasteiger charge is 2.07.